The molecule has 1 aromatic heterocycles. The number of aromatic nitrogens is 2. The standard InChI is InChI=1S/C21H29N3O4S/c1-3-27-17-12-15-16(13-18(17)28-4-2)23-21(29)24(20(15)26)11-7-10-19(25)22-14-8-5-6-9-14/h12-14H,3-11H2,1-2H3,(H,22,25)(H,23,29). The highest BCUT2D eigenvalue weighted by Gasteiger charge is 2.17. The van der Waals surface area contributed by atoms with Gasteiger partial charge in [0.15, 0.2) is 16.3 Å². The topological polar surface area (TPSA) is 85.4 Å². The van der Waals surface area contributed by atoms with Crippen LogP contribution in [0.1, 0.15) is 52.4 Å². The van der Waals surface area contributed by atoms with Gasteiger partial charge in [-0.05, 0) is 51.4 Å². The maximum Gasteiger partial charge on any atom is 0.262 e. The highest BCUT2D eigenvalue weighted by Crippen LogP contribution is 2.30. The van der Waals surface area contributed by atoms with Gasteiger partial charge in [-0.1, -0.05) is 12.8 Å². The largest absolute Gasteiger partial charge is 0.490 e. The van der Waals surface area contributed by atoms with Crippen molar-refractivity contribution in [3.63, 3.8) is 0 Å². The number of aromatic amines is 1. The summed E-state index contributed by atoms with van der Waals surface area (Å²) in [6.45, 7) is 5.13. The van der Waals surface area contributed by atoms with Crippen LogP contribution in [-0.4, -0.2) is 34.7 Å². The van der Waals surface area contributed by atoms with Crippen LogP contribution >= 0.6 is 12.2 Å². The van der Waals surface area contributed by atoms with Crippen LogP contribution in [0.2, 0.25) is 0 Å². The number of nitrogens with zero attached hydrogens (tertiary/aromatic N) is 1. The molecule has 1 aliphatic carbocycles. The minimum atomic E-state index is -0.191. The van der Waals surface area contributed by atoms with E-state index in [2.05, 4.69) is 10.3 Å². The first-order chi connectivity index (χ1) is 14.0. The van der Waals surface area contributed by atoms with E-state index in [1.165, 1.54) is 17.4 Å². The average molecular weight is 420 g/mol. The summed E-state index contributed by atoms with van der Waals surface area (Å²) in [6.07, 6.45) is 5.42. The number of carbonyl (C=O) groups is 1. The van der Waals surface area contributed by atoms with Gasteiger partial charge >= 0.3 is 0 Å². The van der Waals surface area contributed by atoms with E-state index in [1.807, 2.05) is 13.8 Å². The summed E-state index contributed by atoms with van der Waals surface area (Å²) in [6, 6.07) is 3.76. The lowest BCUT2D eigenvalue weighted by Crippen LogP contribution is -2.32. The Kier molecular flexibility index (Phi) is 7.30. The van der Waals surface area contributed by atoms with Crippen molar-refractivity contribution < 1.29 is 14.3 Å². The van der Waals surface area contributed by atoms with Crippen molar-refractivity contribution in [2.45, 2.75) is 65.0 Å². The van der Waals surface area contributed by atoms with Crippen LogP contribution in [0.4, 0.5) is 0 Å². The van der Waals surface area contributed by atoms with Gasteiger partial charge in [0.2, 0.25) is 5.91 Å². The molecule has 0 aliphatic heterocycles. The van der Waals surface area contributed by atoms with E-state index in [-0.39, 0.29) is 11.5 Å². The summed E-state index contributed by atoms with van der Waals surface area (Å²) in [4.78, 5) is 28.2. The fourth-order valence-electron chi connectivity index (χ4n) is 3.77. The molecule has 1 saturated carbocycles. The van der Waals surface area contributed by atoms with Gasteiger partial charge in [0.05, 0.1) is 24.1 Å². The molecule has 1 aromatic carbocycles. The van der Waals surface area contributed by atoms with E-state index in [1.54, 1.807) is 12.1 Å². The number of amides is 1. The van der Waals surface area contributed by atoms with E-state index in [0.29, 0.717) is 65.8 Å². The van der Waals surface area contributed by atoms with E-state index < -0.39 is 0 Å². The van der Waals surface area contributed by atoms with Crippen LogP contribution in [0.5, 0.6) is 11.5 Å². The van der Waals surface area contributed by atoms with Gasteiger partial charge in [0, 0.05) is 25.1 Å². The summed E-state index contributed by atoms with van der Waals surface area (Å²) in [5, 5.41) is 3.56. The molecule has 158 valence electrons. The minimum absolute atomic E-state index is 0.0422. The Morgan fingerprint density at radius 1 is 1.21 bits per heavy atom. The fourth-order valence-corrected chi connectivity index (χ4v) is 4.05. The summed E-state index contributed by atoms with van der Waals surface area (Å²) < 4.78 is 13.1. The van der Waals surface area contributed by atoms with Gasteiger partial charge in [0.1, 0.15) is 0 Å². The number of hydrogen-bond acceptors (Lipinski definition) is 5. The lowest BCUT2D eigenvalue weighted by Gasteiger charge is -2.14. The van der Waals surface area contributed by atoms with Crippen molar-refractivity contribution in [1.29, 1.82) is 0 Å². The Labute approximate surface area is 175 Å². The number of rotatable bonds is 9. The summed E-state index contributed by atoms with van der Waals surface area (Å²) in [5.41, 5.74) is 0.422. The molecule has 0 atom stereocenters. The van der Waals surface area contributed by atoms with Gasteiger partial charge in [-0.25, -0.2) is 0 Å². The Balaban J connectivity index is 1.77. The van der Waals surface area contributed by atoms with E-state index in [9.17, 15) is 9.59 Å². The van der Waals surface area contributed by atoms with Crippen molar-refractivity contribution in [3.8, 4) is 11.5 Å². The number of hydrogen-bond donors (Lipinski definition) is 2. The smallest absolute Gasteiger partial charge is 0.262 e. The van der Waals surface area contributed by atoms with Crippen LogP contribution in [-0.2, 0) is 11.3 Å². The van der Waals surface area contributed by atoms with Crippen LogP contribution in [0.3, 0.4) is 0 Å². The number of fused-ring (bicyclic) bond motifs is 1. The molecule has 0 spiro atoms. The maximum atomic E-state index is 13.0. The molecule has 2 N–H and O–H groups in total. The third-order valence-corrected chi connectivity index (χ3v) is 5.47. The summed E-state index contributed by atoms with van der Waals surface area (Å²) in [5.74, 6) is 1.15. The Bertz CT molecular complexity index is 976. The van der Waals surface area contributed by atoms with Crippen molar-refractivity contribution in [1.82, 2.24) is 14.9 Å². The first-order valence-corrected chi connectivity index (χ1v) is 10.8. The molecule has 7 nitrogen and oxygen atoms in total. The average Bonchev–Trinajstić information content (AvgIpc) is 3.19. The quantitative estimate of drug-likeness (QED) is 0.606. The molecule has 0 unspecified atom stereocenters. The molecular formula is C21H29N3O4S. The first-order valence-electron chi connectivity index (χ1n) is 10.4. The van der Waals surface area contributed by atoms with Crippen LogP contribution < -0.4 is 20.3 Å². The number of carbonyl (C=O) groups excluding carboxylic acids is 1. The monoisotopic (exact) mass is 419 g/mol. The second-order valence-corrected chi connectivity index (χ2v) is 7.64. The Morgan fingerprint density at radius 3 is 2.52 bits per heavy atom. The van der Waals surface area contributed by atoms with Crippen molar-refractivity contribution >= 4 is 29.0 Å². The molecular weight excluding hydrogens is 390 g/mol. The van der Waals surface area contributed by atoms with Crippen LogP contribution in [0, 0.1) is 4.77 Å². The lowest BCUT2D eigenvalue weighted by atomic mass is 10.2. The normalized spacial score (nSPS) is 14.3. The molecule has 1 fully saturated rings. The van der Waals surface area contributed by atoms with Gasteiger partial charge in [-0.15, -0.1) is 0 Å². The van der Waals surface area contributed by atoms with Crippen LogP contribution in [0.25, 0.3) is 10.9 Å². The molecule has 1 aliphatic rings. The zero-order chi connectivity index (χ0) is 20.8. The highest BCUT2D eigenvalue weighted by atomic mass is 32.1. The predicted octanol–water partition coefficient (Wildman–Crippen LogP) is 3.70. The second kappa shape index (κ2) is 9.91. The van der Waals surface area contributed by atoms with Gasteiger partial charge in [0.25, 0.3) is 5.56 Å². The summed E-state index contributed by atoms with van der Waals surface area (Å²) in [7, 11) is 0. The predicted molar refractivity (Wildman–Crippen MR) is 115 cm³/mol. The molecule has 29 heavy (non-hydrogen) atoms. The van der Waals surface area contributed by atoms with Gasteiger partial charge < -0.3 is 19.8 Å². The third-order valence-electron chi connectivity index (χ3n) is 5.15. The van der Waals surface area contributed by atoms with Crippen molar-refractivity contribution in [2.24, 2.45) is 0 Å². The third kappa shape index (κ3) is 5.18. The lowest BCUT2D eigenvalue weighted by molar-refractivity contribution is -0.121. The maximum absolute atomic E-state index is 13.0. The number of ether oxygens (including phenoxy) is 2. The molecule has 0 radical (unpaired) electrons. The summed E-state index contributed by atoms with van der Waals surface area (Å²) >= 11 is 5.39. The number of H-pyrrole nitrogens is 1. The van der Waals surface area contributed by atoms with Gasteiger partial charge in [-0.3, -0.25) is 14.2 Å². The van der Waals surface area contributed by atoms with Crippen molar-refractivity contribution in [3.05, 3.63) is 27.3 Å². The highest BCUT2D eigenvalue weighted by molar-refractivity contribution is 7.71. The molecule has 2 aromatic rings. The molecule has 0 bridgehead atoms. The van der Waals surface area contributed by atoms with E-state index in [0.717, 1.165) is 12.8 Å². The number of benzene rings is 1. The van der Waals surface area contributed by atoms with Gasteiger partial charge in [-0.2, -0.15) is 0 Å². The SMILES string of the molecule is CCOc1cc2[nH]c(=S)n(CCCC(=O)NC3CCCC3)c(=O)c2cc1OCC. The molecule has 3 rings (SSSR count). The molecule has 0 saturated heterocycles. The first kappa shape index (κ1) is 21.4. The van der Waals surface area contributed by atoms with E-state index >= 15 is 0 Å². The second-order valence-electron chi connectivity index (χ2n) is 7.25. The van der Waals surface area contributed by atoms with Crippen LogP contribution in [0.15, 0.2) is 16.9 Å². The molecule has 1 heterocycles. The Hall–Kier alpha value is -2.35. The molecule has 1 amide bonds. The fraction of sp³-hybridized carbons (Fsp3) is 0.571. The molecule has 8 heteroatoms. The van der Waals surface area contributed by atoms with Crippen molar-refractivity contribution in [2.75, 3.05) is 13.2 Å². The Morgan fingerprint density at radius 2 is 1.86 bits per heavy atom. The minimum Gasteiger partial charge on any atom is -0.490 e. The zero-order valence-corrected chi connectivity index (χ0v) is 17.9. The zero-order valence-electron chi connectivity index (χ0n) is 17.1. The number of nitrogens with one attached hydrogen (secondary N) is 2. The van der Waals surface area contributed by atoms with E-state index in [4.69, 9.17) is 21.7 Å².